The van der Waals surface area contributed by atoms with Crippen molar-refractivity contribution in [1.29, 1.82) is 0 Å². The summed E-state index contributed by atoms with van der Waals surface area (Å²) >= 11 is 2.49. The first-order chi connectivity index (χ1) is 14.6. The molecule has 1 amide bonds. The normalized spacial score (nSPS) is 11.0. The van der Waals surface area contributed by atoms with Crippen molar-refractivity contribution >= 4 is 39.2 Å². The summed E-state index contributed by atoms with van der Waals surface area (Å²) in [4.78, 5) is 29.9. The van der Waals surface area contributed by atoms with E-state index in [0.717, 1.165) is 12.0 Å². The first-order valence-electron chi connectivity index (χ1n) is 9.31. The van der Waals surface area contributed by atoms with E-state index in [9.17, 15) is 14.0 Å². The van der Waals surface area contributed by atoms with E-state index in [1.165, 1.54) is 51.9 Å². The Morgan fingerprint density at radius 2 is 1.87 bits per heavy atom. The van der Waals surface area contributed by atoms with Crippen LogP contribution in [0.3, 0.4) is 0 Å². The number of nitrogens with one attached hydrogen (secondary N) is 1. The van der Waals surface area contributed by atoms with Gasteiger partial charge in [0, 0.05) is 6.54 Å². The standard InChI is InChI=1S/C22H18FN3O2S2/c23-16-6-8-17(9-7-16)26-21(28)20-18(11-13-29-20)25-22(26)30-14-19(27)24-12-10-15-4-2-1-3-5-15/h1-9,11,13H,10,12,14H2,(H,24,27). The van der Waals surface area contributed by atoms with Crippen LogP contribution in [-0.4, -0.2) is 27.8 Å². The molecule has 0 saturated carbocycles. The fourth-order valence-corrected chi connectivity index (χ4v) is 4.58. The van der Waals surface area contributed by atoms with Crippen molar-refractivity contribution in [2.75, 3.05) is 12.3 Å². The molecule has 0 radical (unpaired) electrons. The highest BCUT2D eigenvalue weighted by Crippen LogP contribution is 2.23. The number of aromatic nitrogens is 2. The molecule has 0 fully saturated rings. The molecule has 8 heteroatoms. The first kappa shape index (κ1) is 20.3. The average Bonchev–Trinajstić information content (AvgIpc) is 3.23. The molecular formula is C22H18FN3O2S2. The second-order valence-electron chi connectivity index (χ2n) is 6.52. The summed E-state index contributed by atoms with van der Waals surface area (Å²) in [6.45, 7) is 0.533. The monoisotopic (exact) mass is 439 g/mol. The van der Waals surface area contributed by atoms with Crippen LogP contribution in [-0.2, 0) is 11.2 Å². The molecule has 4 rings (SSSR count). The summed E-state index contributed by atoms with van der Waals surface area (Å²) in [5.74, 6) is -0.400. The van der Waals surface area contributed by atoms with Crippen molar-refractivity contribution in [2.45, 2.75) is 11.6 Å². The van der Waals surface area contributed by atoms with E-state index >= 15 is 0 Å². The number of thioether (sulfide) groups is 1. The van der Waals surface area contributed by atoms with Gasteiger partial charge >= 0.3 is 0 Å². The Labute approximate surface area is 180 Å². The van der Waals surface area contributed by atoms with E-state index in [4.69, 9.17) is 0 Å². The average molecular weight is 440 g/mol. The molecule has 1 N–H and O–H groups in total. The molecule has 0 aliphatic carbocycles. The minimum absolute atomic E-state index is 0.123. The van der Waals surface area contributed by atoms with Crippen LogP contribution in [0.4, 0.5) is 4.39 Å². The van der Waals surface area contributed by atoms with Gasteiger partial charge in [0.25, 0.3) is 5.56 Å². The number of benzene rings is 2. The Morgan fingerprint density at radius 1 is 1.10 bits per heavy atom. The predicted molar refractivity (Wildman–Crippen MR) is 119 cm³/mol. The highest BCUT2D eigenvalue weighted by molar-refractivity contribution is 7.99. The van der Waals surface area contributed by atoms with Crippen LogP contribution in [0.5, 0.6) is 0 Å². The summed E-state index contributed by atoms with van der Waals surface area (Å²) in [5, 5.41) is 5.10. The molecule has 0 unspecified atom stereocenters. The number of nitrogens with zero attached hydrogens (tertiary/aromatic N) is 2. The number of carbonyl (C=O) groups is 1. The summed E-state index contributed by atoms with van der Waals surface area (Å²) in [5.41, 5.74) is 2.03. The minimum atomic E-state index is -0.385. The van der Waals surface area contributed by atoms with E-state index in [1.54, 1.807) is 11.4 Å². The zero-order chi connectivity index (χ0) is 20.9. The van der Waals surface area contributed by atoms with Gasteiger partial charge in [0.15, 0.2) is 5.16 Å². The topological polar surface area (TPSA) is 64.0 Å². The number of carbonyl (C=O) groups excluding carboxylic acids is 1. The molecule has 0 atom stereocenters. The van der Waals surface area contributed by atoms with Gasteiger partial charge in [-0.05, 0) is 47.7 Å². The quantitative estimate of drug-likeness (QED) is 0.349. The Bertz CT molecular complexity index is 1220. The molecule has 2 heterocycles. The third-order valence-electron chi connectivity index (χ3n) is 4.45. The maximum atomic E-state index is 13.3. The minimum Gasteiger partial charge on any atom is -0.355 e. The molecule has 152 valence electrons. The van der Waals surface area contributed by atoms with Crippen molar-refractivity contribution in [1.82, 2.24) is 14.9 Å². The molecule has 2 aromatic carbocycles. The third kappa shape index (κ3) is 4.60. The maximum Gasteiger partial charge on any atom is 0.276 e. The number of fused-ring (bicyclic) bond motifs is 1. The predicted octanol–water partition coefficient (Wildman–Crippen LogP) is 4.04. The summed E-state index contributed by atoms with van der Waals surface area (Å²) < 4.78 is 15.3. The van der Waals surface area contributed by atoms with Crippen molar-refractivity contribution in [3.8, 4) is 5.69 Å². The van der Waals surface area contributed by atoms with Gasteiger partial charge < -0.3 is 5.32 Å². The van der Waals surface area contributed by atoms with Crippen LogP contribution in [0.2, 0.25) is 0 Å². The lowest BCUT2D eigenvalue weighted by molar-refractivity contribution is -0.118. The van der Waals surface area contributed by atoms with E-state index in [2.05, 4.69) is 10.3 Å². The van der Waals surface area contributed by atoms with Crippen LogP contribution in [0.15, 0.2) is 76.0 Å². The Morgan fingerprint density at radius 3 is 2.63 bits per heavy atom. The van der Waals surface area contributed by atoms with Gasteiger partial charge in [-0.15, -0.1) is 11.3 Å². The van der Waals surface area contributed by atoms with Crippen molar-refractivity contribution in [2.24, 2.45) is 0 Å². The fourth-order valence-electron chi connectivity index (χ4n) is 2.98. The lowest BCUT2D eigenvalue weighted by Gasteiger charge is -2.12. The third-order valence-corrected chi connectivity index (χ3v) is 6.28. The van der Waals surface area contributed by atoms with Gasteiger partial charge in [0.2, 0.25) is 5.91 Å². The summed E-state index contributed by atoms with van der Waals surface area (Å²) in [7, 11) is 0. The maximum absolute atomic E-state index is 13.3. The van der Waals surface area contributed by atoms with Gasteiger partial charge in [0.05, 0.1) is 17.0 Å². The van der Waals surface area contributed by atoms with Gasteiger partial charge in [-0.25, -0.2) is 9.37 Å². The van der Waals surface area contributed by atoms with Gasteiger partial charge in [-0.3, -0.25) is 14.2 Å². The van der Waals surface area contributed by atoms with E-state index < -0.39 is 0 Å². The first-order valence-corrected chi connectivity index (χ1v) is 11.2. The number of halogens is 1. The molecular weight excluding hydrogens is 421 g/mol. The van der Waals surface area contributed by atoms with Crippen molar-refractivity contribution < 1.29 is 9.18 Å². The number of hydrogen-bond acceptors (Lipinski definition) is 5. The Balaban J connectivity index is 1.50. The smallest absolute Gasteiger partial charge is 0.276 e. The number of hydrogen-bond donors (Lipinski definition) is 1. The second kappa shape index (κ2) is 9.23. The zero-order valence-electron chi connectivity index (χ0n) is 15.9. The van der Waals surface area contributed by atoms with Gasteiger partial charge in [-0.2, -0.15) is 0 Å². The SMILES string of the molecule is O=C(CSc1nc2ccsc2c(=O)n1-c1ccc(F)cc1)NCCc1ccccc1. The number of thiophene rings is 1. The van der Waals surface area contributed by atoms with E-state index in [1.807, 2.05) is 30.3 Å². The van der Waals surface area contributed by atoms with Crippen molar-refractivity contribution in [3.05, 3.63) is 87.8 Å². The van der Waals surface area contributed by atoms with E-state index in [0.29, 0.717) is 27.6 Å². The van der Waals surface area contributed by atoms with E-state index in [-0.39, 0.29) is 23.0 Å². The Kier molecular flexibility index (Phi) is 6.25. The number of rotatable bonds is 7. The molecule has 5 nitrogen and oxygen atoms in total. The highest BCUT2D eigenvalue weighted by atomic mass is 32.2. The highest BCUT2D eigenvalue weighted by Gasteiger charge is 2.15. The molecule has 0 spiro atoms. The van der Waals surface area contributed by atoms with Crippen LogP contribution < -0.4 is 10.9 Å². The lowest BCUT2D eigenvalue weighted by atomic mass is 10.1. The Hall–Kier alpha value is -2.97. The number of amides is 1. The molecule has 0 aliphatic heterocycles. The molecule has 4 aromatic rings. The van der Waals surface area contributed by atoms with Crippen LogP contribution >= 0.6 is 23.1 Å². The van der Waals surface area contributed by atoms with Crippen LogP contribution in [0.25, 0.3) is 15.9 Å². The molecule has 0 aliphatic rings. The zero-order valence-corrected chi connectivity index (χ0v) is 17.5. The van der Waals surface area contributed by atoms with Crippen LogP contribution in [0, 0.1) is 5.82 Å². The summed E-state index contributed by atoms with van der Waals surface area (Å²) in [6, 6.07) is 17.4. The summed E-state index contributed by atoms with van der Waals surface area (Å²) in [6.07, 6.45) is 0.747. The largest absolute Gasteiger partial charge is 0.355 e. The molecule has 0 bridgehead atoms. The van der Waals surface area contributed by atoms with Gasteiger partial charge in [-0.1, -0.05) is 42.1 Å². The molecule has 2 aromatic heterocycles. The van der Waals surface area contributed by atoms with Crippen LogP contribution in [0.1, 0.15) is 5.56 Å². The fraction of sp³-hybridized carbons (Fsp3) is 0.136. The van der Waals surface area contributed by atoms with Gasteiger partial charge in [0.1, 0.15) is 10.5 Å². The molecule has 0 saturated heterocycles. The van der Waals surface area contributed by atoms with Crippen molar-refractivity contribution in [3.63, 3.8) is 0 Å². The lowest BCUT2D eigenvalue weighted by Crippen LogP contribution is -2.28. The second-order valence-corrected chi connectivity index (χ2v) is 8.38. The molecule has 30 heavy (non-hydrogen) atoms.